The predicted octanol–water partition coefficient (Wildman–Crippen LogP) is 3.05. The van der Waals surface area contributed by atoms with Crippen molar-refractivity contribution in [2.75, 3.05) is 6.54 Å². The van der Waals surface area contributed by atoms with E-state index in [2.05, 4.69) is 0 Å². The van der Waals surface area contributed by atoms with Crippen LogP contribution in [0.15, 0.2) is 42.5 Å². The molecule has 0 aliphatic carbocycles. The first-order valence-electron chi connectivity index (χ1n) is 9.95. The van der Waals surface area contributed by atoms with Crippen molar-refractivity contribution >= 4 is 23.7 Å². The van der Waals surface area contributed by atoms with E-state index in [4.69, 9.17) is 4.84 Å². The zero-order valence-electron chi connectivity index (χ0n) is 16.9. The lowest BCUT2D eigenvalue weighted by Crippen LogP contribution is -2.50. The van der Waals surface area contributed by atoms with Crippen LogP contribution in [0, 0.1) is 13.8 Å². The number of hydrogen-bond donors (Lipinski definition) is 0. The SMILES string of the molecule is Cc1cc(C)cc(C(=O)N2CCCCC2C(=O)ON2C(=O)c3ccccc3C2=O)c1. The van der Waals surface area contributed by atoms with E-state index < -0.39 is 23.8 Å². The van der Waals surface area contributed by atoms with Crippen molar-refractivity contribution in [2.24, 2.45) is 0 Å². The van der Waals surface area contributed by atoms with Crippen LogP contribution < -0.4 is 0 Å². The molecule has 0 spiro atoms. The van der Waals surface area contributed by atoms with Crippen LogP contribution in [0.25, 0.3) is 0 Å². The van der Waals surface area contributed by atoms with Gasteiger partial charge in [-0.05, 0) is 57.4 Å². The monoisotopic (exact) mass is 406 g/mol. The van der Waals surface area contributed by atoms with E-state index in [1.165, 1.54) is 17.0 Å². The van der Waals surface area contributed by atoms with Gasteiger partial charge in [0.2, 0.25) is 0 Å². The Labute approximate surface area is 174 Å². The highest BCUT2D eigenvalue weighted by molar-refractivity contribution is 6.21. The number of benzene rings is 2. The van der Waals surface area contributed by atoms with Gasteiger partial charge in [-0.1, -0.05) is 34.4 Å². The van der Waals surface area contributed by atoms with E-state index in [9.17, 15) is 19.2 Å². The van der Waals surface area contributed by atoms with Gasteiger partial charge < -0.3 is 9.74 Å². The van der Waals surface area contributed by atoms with Gasteiger partial charge in [0.15, 0.2) is 0 Å². The van der Waals surface area contributed by atoms with Gasteiger partial charge in [-0.25, -0.2) is 4.79 Å². The highest BCUT2D eigenvalue weighted by atomic mass is 16.7. The fraction of sp³-hybridized carbons (Fsp3) is 0.304. The average molecular weight is 406 g/mol. The van der Waals surface area contributed by atoms with Crippen molar-refractivity contribution in [2.45, 2.75) is 39.2 Å². The molecule has 1 fully saturated rings. The summed E-state index contributed by atoms with van der Waals surface area (Å²) in [5.74, 6) is -2.38. The molecule has 4 rings (SSSR count). The Morgan fingerprint density at radius 1 is 0.933 bits per heavy atom. The molecule has 3 amide bonds. The van der Waals surface area contributed by atoms with Crippen LogP contribution in [-0.4, -0.2) is 46.2 Å². The number of carbonyl (C=O) groups excluding carboxylic acids is 4. The highest BCUT2D eigenvalue weighted by Gasteiger charge is 2.42. The van der Waals surface area contributed by atoms with Crippen molar-refractivity contribution in [3.63, 3.8) is 0 Å². The molecular weight excluding hydrogens is 384 g/mol. The van der Waals surface area contributed by atoms with Gasteiger partial charge in [0, 0.05) is 12.1 Å². The molecule has 0 N–H and O–H groups in total. The first-order chi connectivity index (χ1) is 14.4. The lowest BCUT2D eigenvalue weighted by atomic mass is 9.99. The van der Waals surface area contributed by atoms with E-state index in [0.717, 1.165) is 24.0 Å². The molecule has 0 saturated carbocycles. The third-order valence-corrected chi connectivity index (χ3v) is 5.44. The second-order valence-electron chi connectivity index (χ2n) is 7.75. The lowest BCUT2D eigenvalue weighted by molar-refractivity contribution is -0.175. The Balaban J connectivity index is 1.55. The number of amides is 3. The maximum Gasteiger partial charge on any atom is 0.355 e. The average Bonchev–Trinajstić information content (AvgIpc) is 2.97. The predicted molar refractivity (Wildman–Crippen MR) is 108 cm³/mol. The lowest BCUT2D eigenvalue weighted by Gasteiger charge is -2.34. The number of carbonyl (C=O) groups is 4. The second-order valence-corrected chi connectivity index (χ2v) is 7.75. The van der Waals surface area contributed by atoms with E-state index in [-0.39, 0.29) is 17.0 Å². The molecule has 0 radical (unpaired) electrons. The summed E-state index contributed by atoms with van der Waals surface area (Å²) in [7, 11) is 0. The summed E-state index contributed by atoms with van der Waals surface area (Å²) in [6, 6.07) is 11.0. The minimum Gasteiger partial charge on any atom is -0.327 e. The first-order valence-corrected chi connectivity index (χ1v) is 9.95. The first kappa shape index (κ1) is 19.8. The molecule has 7 nitrogen and oxygen atoms in total. The molecule has 2 aromatic carbocycles. The number of piperidine rings is 1. The molecule has 2 aliphatic rings. The number of nitrogens with zero attached hydrogens (tertiary/aromatic N) is 2. The normalized spacial score (nSPS) is 18.4. The van der Waals surface area contributed by atoms with Gasteiger partial charge in [-0.15, -0.1) is 0 Å². The van der Waals surface area contributed by atoms with Gasteiger partial charge in [0.1, 0.15) is 6.04 Å². The topological polar surface area (TPSA) is 84.0 Å². The maximum absolute atomic E-state index is 13.1. The van der Waals surface area contributed by atoms with Crippen LogP contribution in [0.4, 0.5) is 0 Å². The summed E-state index contributed by atoms with van der Waals surface area (Å²) >= 11 is 0. The van der Waals surface area contributed by atoms with Crippen molar-refractivity contribution in [3.8, 4) is 0 Å². The van der Waals surface area contributed by atoms with E-state index in [1.54, 1.807) is 24.3 Å². The molecule has 1 atom stereocenters. The largest absolute Gasteiger partial charge is 0.355 e. The minimum atomic E-state index is -0.851. The molecule has 1 unspecified atom stereocenters. The summed E-state index contributed by atoms with van der Waals surface area (Å²) < 4.78 is 0. The van der Waals surface area contributed by atoms with Gasteiger partial charge in [0.25, 0.3) is 17.7 Å². The summed E-state index contributed by atoms with van der Waals surface area (Å²) in [6.07, 6.45) is 1.93. The van der Waals surface area contributed by atoms with Crippen LogP contribution in [-0.2, 0) is 9.63 Å². The number of likely N-dealkylation sites (tertiary alicyclic amines) is 1. The van der Waals surface area contributed by atoms with Crippen LogP contribution in [0.5, 0.6) is 0 Å². The maximum atomic E-state index is 13.1. The molecule has 7 heteroatoms. The number of fused-ring (bicyclic) bond motifs is 1. The Morgan fingerprint density at radius 3 is 2.13 bits per heavy atom. The van der Waals surface area contributed by atoms with Gasteiger partial charge in [0.05, 0.1) is 11.1 Å². The fourth-order valence-electron chi connectivity index (χ4n) is 4.08. The highest BCUT2D eigenvalue weighted by Crippen LogP contribution is 2.26. The van der Waals surface area contributed by atoms with Crippen molar-refractivity contribution in [3.05, 3.63) is 70.3 Å². The standard InChI is InChI=1S/C23H22N2O5/c1-14-11-15(2)13-16(12-14)20(26)24-10-6-5-9-19(24)23(29)30-25-21(27)17-7-3-4-8-18(17)22(25)28/h3-4,7-8,11-13,19H,5-6,9-10H2,1-2H3. The Hall–Kier alpha value is -3.48. The second kappa shape index (κ2) is 7.74. The molecule has 1 saturated heterocycles. The molecule has 2 aromatic rings. The van der Waals surface area contributed by atoms with Crippen LogP contribution in [0.1, 0.15) is 61.5 Å². The van der Waals surface area contributed by atoms with Gasteiger partial charge in [-0.2, -0.15) is 0 Å². The van der Waals surface area contributed by atoms with Crippen LogP contribution in [0.2, 0.25) is 0 Å². The molecule has 2 heterocycles. The third kappa shape index (κ3) is 3.47. The molecule has 0 aromatic heterocycles. The number of hydrogen-bond acceptors (Lipinski definition) is 5. The van der Waals surface area contributed by atoms with Gasteiger partial charge in [-0.3, -0.25) is 14.4 Å². The zero-order chi connectivity index (χ0) is 21.4. The Kier molecular flexibility index (Phi) is 5.11. The Bertz CT molecular complexity index is 1010. The number of hydroxylamine groups is 2. The number of rotatable bonds is 3. The van der Waals surface area contributed by atoms with Crippen LogP contribution >= 0.6 is 0 Å². The summed E-state index contributed by atoms with van der Waals surface area (Å²) in [6.45, 7) is 4.23. The molecular formula is C23H22N2O5. The van der Waals surface area contributed by atoms with Crippen molar-refractivity contribution < 1.29 is 24.0 Å². The van der Waals surface area contributed by atoms with Gasteiger partial charge >= 0.3 is 5.97 Å². The molecule has 30 heavy (non-hydrogen) atoms. The van der Waals surface area contributed by atoms with E-state index in [1.807, 2.05) is 19.9 Å². The number of imide groups is 1. The zero-order valence-corrected chi connectivity index (χ0v) is 16.9. The minimum absolute atomic E-state index is 0.196. The van der Waals surface area contributed by atoms with Crippen LogP contribution in [0.3, 0.4) is 0 Å². The fourth-order valence-corrected chi connectivity index (χ4v) is 4.08. The Morgan fingerprint density at radius 2 is 1.53 bits per heavy atom. The van der Waals surface area contributed by atoms with Crippen molar-refractivity contribution in [1.82, 2.24) is 9.96 Å². The third-order valence-electron chi connectivity index (χ3n) is 5.44. The summed E-state index contributed by atoms with van der Waals surface area (Å²) in [5, 5.41) is 0.501. The van der Waals surface area contributed by atoms with E-state index in [0.29, 0.717) is 23.6 Å². The number of aryl methyl sites for hydroxylation is 2. The molecule has 0 bridgehead atoms. The summed E-state index contributed by atoms with van der Waals surface area (Å²) in [4.78, 5) is 57.7. The smallest absolute Gasteiger partial charge is 0.327 e. The summed E-state index contributed by atoms with van der Waals surface area (Å²) in [5.41, 5.74) is 2.82. The van der Waals surface area contributed by atoms with Crippen molar-refractivity contribution in [1.29, 1.82) is 0 Å². The van der Waals surface area contributed by atoms with E-state index >= 15 is 0 Å². The quantitative estimate of drug-likeness (QED) is 0.732. The molecule has 154 valence electrons. The molecule has 2 aliphatic heterocycles.